The van der Waals surface area contributed by atoms with Gasteiger partial charge >= 0.3 is 0 Å². The van der Waals surface area contributed by atoms with Crippen molar-refractivity contribution >= 4 is 11.8 Å². The third-order valence-electron chi connectivity index (χ3n) is 4.17. The van der Waals surface area contributed by atoms with Crippen molar-refractivity contribution in [1.29, 1.82) is 0 Å². The number of rotatable bonds is 5. The van der Waals surface area contributed by atoms with Gasteiger partial charge in [-0.05, 0) is 31.6 Å². The van der Waals surface area contributed by atoms with Gasteiger partial charge in [-0.2, -0.15) is 0 Å². The van der Waals surface area contributed by atoms with Gasteiger partial charge in [0.1, 0.15) is 12.1 Å². The van der Waals surface area contributed by atoms with Crippen molar-refractivity contribution in [2.24, 2.45) is 11.8 Å². The van der Waals surface area contributed by atoms with Crippen LogP contribution in [0.2, 0.25) is 0 Å². The van der Waals surface area contributed by atoms with Crippen LogP contribution in [0.3, 0.4) is 0 Å². The van der Waals surface area contributed by atoms with E-state index in [4.69, 9.17) is 4.74 Å². The molecule has 0 aromatic carbocycles. The predicted octanol–water partition coefficient (Wildman–Crippen LogP) is 0.783. The maximum atomic E-state index is 12.6. The molecule has 0 bridgehead atoms. The second-order valence-corrected chi connectivity index (χ2v) is 6.01. The fraction of sp³-hybridized carbons (Fsp3) is 0.857. The molecule has 1 heterocycles. The molecule has 2 aliphatic rings. The molecule has 5 heteroatoms. The van der Waals surface area contributed by atoms with E-state index in [-0.39, 0.29) is 29.8 Å². The van der Waals surface area contributed by atoms with E-state index in [9.17, 15) is 9.59 Å². The van der Waals surface area contributed by atoms with Gasteiger partial charge in [-0.1, -0.05) is 13.8 Å². The van der Waals surface area contributed by atoms with Crippen LogP contribution in [-0.4, -0.2) is 48.6 Å². The fourth-order valence-corrected chi connectivity index (χ4v) is 2.78. The molecule has 2 amide bonds. The third kappa shape index (κ3) is 2.76. The van der Waals surface area contributed by atoms with Crippen molar-refractivity contribution in [3.63, 3.8) is 0 Å². The summed E-state index contributed by atoms with van der Waals surface area (Å²) in [6.45, 7) is 6.38. The SMILES string of the molecule is COCC(C(C)C)N1C(=O)C(C2CC2)NC(=O)C1C. The number of carbonyl (C=O) groups is 2. The van der Waals surface area contributed by atoms with Crippen LogP contribution in [0.15, 0.2) is 0 Å². The molecule has 0 radical (unpaired) electrons. The molecule has 5 nitrogen and oxygen atoms in total. The summed E-state index contributed by atoms with van der Waals surface area (Å²) in [5.41, 5.74) is 0. The highest BCUT2D eigenvalue weighted by atomic mass is 16.5. The lowest BCUT2D eigenvalue weighted by Crippen LogP contribution is -2.66. The lowest BCUT2D eigenvalue weighted by molar-refractivity contribution is -0.154. The summed E-state index contributed by atoms with van der Waals surface area (Å²) in [6.07, 6.45) is 2.07. The zero-order chi connectivity index (χ0) is 14.2. The van der Waals surface area contributed by atoms with Crippen LogP contribution < -0.4 is 5.32 Å². The first kappa shape index (κ1) is 14.3. The van der Waals surface area contributed by atoms with Crippen LogP contribution in [0.4, 0.5) is 0 Å². The molecule has 1 aliphatic carbocycles. The largest absolute Gasteiger partial charge is 0.383 e. The average molecular weight is 268 g/mol. The number of carbonyl (C=O) groups excluding carboxylic acids is 2. The zero-order valence-corrected chi connectivity index (χ0v) is 12.2. The first-order chi connectivity index (χ1) is 8.97. The van der Waals surface area contributed by atoms with E-state index in [1.54, 1.807) is 18.9 Å². The van der Waals surface area contributed by atoms with Gasteiger partial charge in [0.2, 0.25) is 11.8 Å². The fourth-order valence-electron chi connectivity index (χ4n) is 2.78. The number of nitrogens with one attached hydrogen (secondary N) is 1. The Morgan fingerprint density at radius 1 is 1.37 bits per heavy atom. The van der Waals surface area contributed by atoms with Gasteiger partial charge in [-0.25, -0.2) is 0 Å². The minimum absolute atomic E-state index is 0.0419. The van der Waals surface area contributed by atoms with Crippen molar-refractivity contribution in [2.75, 3.05) is 13.7 Å². The Bertz CT molecular complexity index is 366. The van der Waals surface area contributed by atoms with E-state index in [0.717, 1.165) is 12.8 Å². The zero-order valence-electron chi connectivity index (χ0n) is 12.2. The second kappa shape index (κ2) is 5.49. The van der Waals surface area contributed by atoms with E-state index in [0.29, 0.717) is 12.5 Å². The molecule has 2 fully saturated rings. The van der Waals surface area contributed by atoms with Crippen molar-refractivity contribution in [1.82, 2.24) is 10.2 Å². The molecule has 1 N–H and O–H groups in total. The number of ether oxygens (including phenoxy) is 1. The Hall–Kier alpha value is -1.10. The molecule has 3 atom stereocenters. The summed E-state index contributed by atoms with van der Waals surface area (Å²) in [5.74, 6) is 0.613. The lowest BCUT2D eigenvalue weighted by Gasteiger charge is -2.43. The van der Waals surface area contributed by atoms with E-state index >= 15 is 0 Å². The number of hydrogen-bond donors (Lipinski definition) is 1. The van der Waals surface area contributed by atoms with E-state index in [1.807, 2.05) is 0 Å². The molecule has 0 aromatic rings. The minimum atomic E-state index is -0.412. The van der Waals surface area contributed by atoms with Gasteiger partial charge in [0.25, 0.3) is 0 Å². The van der Waals surface area contributed by atoms with Crippen LogP contribution in [0.5, 0.6) is 0 Å². The predicted molar refractivity (Wildman–Crippen MR) is 71.5 cm³/mol. The molecule has 3 unspecified atom stereocenters. The van der Waals surface area contributed by atoms with E-state index in [1.165, 1.54) is 0 Å². The lowest BCUT2D eigenvalue weighted by atomic mass is 9.96. The molecule has 108 valence electrons. The van der Waals surface area contributed by atoms with Crippen LogP contribution in [-0.2, 0) is 14.3 Å². The summed E-state index contributed by atoms with van der Waals surface area (Å²) < 4.78 is 5.24. The van der Waals surface area contributed by atoms with Gasteiger partial charge in [0.15, 0.2) is 0 Å². The first-order valence-electron chi connectivity index (χ1n) is 7.08. The molecule has 1 saturated carbocycles. The summed E-state index contributed by atoms with van der Waals surface area (Å²) in [4.78, 5) is 26.5. The van der Waals surface area contributed by atoms with Gasteiger partial charge in [0, 0.05) is 7.11 Å². The van der Waals surface area contributed by atoms with Crippen LogP contribution in [0.1, 0.15) is 33.6 Å². The van der Waals surface area contributed by atoms with Gasteiger partial charge in [-0.15, -0.1) is 0 Å². The normalized spacial score (nSPS) is 29.6. The van der Waals surface area contributed by atoms with Gasteiger partial charge < -0.3 is 15.0 Å². The van der Waals surface area contributed by atoms with E-state index < -0.39 is 6.04 Å². The number of nitrogens with zero attached hydrogens (tertiary/aromatic N) is 1. The molecule has 2 rings (SSSR count). The van der Waals surface area contributed by atoms with Crippen LogP contribution in [0, 0.1) is 11.8 Å². The Labute approximate surface area is 114 Å². The van der Waals surface area contributed by atoms with Crippen molar-refractivity contribution < 1.29 is 14.3 Å². The number of methoxy groups -OCH3 is 1. The topological polar surface area (TPSA) is 58.6 Å². The van der Waals surface area contributed by atoms with Crippen molar-refractivity contribution in [3.05, 3.63) is 0 Å². The Balaban J connectivity index is 2.22. The maximum absolute atomic E-state index is 12.6. The summed E-state index contributed by atoms with van der Waals surface area (Å²) in [5, 5.41) is 2.87. The third-order valence-corrected chi connectivity index (χ3v) is 4.17. The monoisotopic (exact) mass is 268 g/mol. The Kier molecular flexibility index (Phi) is 4.13. The Morgan fingerprint density at radius 2 is 2.00 bits per heavy atom. The smallest absolute Gasteiger partial charge is 0.246 e. The van der Waals surface area contributed by atoms with Crippen molar-refractivity contribution in [3.8, 4) is 0 Å². The highest BCUT2D eigenvalue weighted by Crippen LogP contribution is 2.35. The molecule has 0 spiro atoms. The summed E-state index contributed by atoms with van der Waals surface area (Å²) in [6, 6.07) is -0.772. The van der Waals surface area contributed by atoms with Crippen LogP contribution >= 0.6 is 0 Å². The van der Waals surface area contributed by atoms with E-state index in [2.05, 4.69) is 19.2 Å². The quantitative estimate of drug-likeness (QED) is 0.801. The molecular weight excluding hydrogens is 244 g/mol. The second-order valence-electron chi connectivity index (χ2n) is 6.01. The highest BCUT2D eigenvalue weighted by molar-refractivity contribution is 5.97. The molecular formula is C14H24N2O3. The van der Waals surface area contributed by atoms with Gasteiger partial charge in [0.05, 0.1) is 12.6 Å². The summed E-state index contributed by atoms with van der Waals surface area (Å²) in [7, 11) is 1.63. The molecule has 19 heavy (non-hydrogen) atoms. The summed E-state index contributed by atoms with van der Waals surface area (Å²) >= 11 is 0. The number of amides is 2. The van der Waals surface area contributed by atoms with Crippen LogP contribution in [0.25, 0.3) is 0 Å². The standard InChI is InChI=1S/C14H24N2O3/c1-8(2)11(7-19-4)16-9(3)13(17)15-12(14(16)18)10-5-6-10/h8-12H,5-7H2,1-4H3,(H,15,17). The number of piperazine rings is 1. The van der Waals surface area contributed by atoms with Gasteiger partial charge in [-0.3, -0.25) is 9.59 Å². The maximum Gasteiger partial charge on any atom is 0.246 e. The molecule has 0 aromatic heterocycles. The molecule has 1 saturated heterocycles. The molecule has 1 aliphatic heterocycles. The highest BCUT2D eigenvalue weighted by Gasteiger charge is 2.47. The van der Waals surface area contributed by atoms with Crippen molar-refractivity contribution in [2.45, 2.75) is 51.7 Å². The average Bonchev–Trinajstić information content (AvgIpc) is 3.16. The number of hydrogen-bond acceptors (Lipinski definition) is 3. The Morgan fingerprint density at radius 3 is 2.47 bits per heavy atom. The first-order valence-corrected chi connectivity index (χ1v) is 7.08. The minimum Gasteiger partial charge on any atom is -0.383 e.